The SMILES string of the molecule is COc1cccc(N(C)C(=O)C2=NNC(=O)CC2)c1. The van der Waals surface area contributed by atoms with Gasteiger partial charge in [0.1, 0.15) is 11.5 Å². The van der Waals surface area contributed by atoms with Crippen LogP contribution in [0.25, 0.3) is 0 Å². The summed E-state index contributed by atoms with van der Waals surface area (Å²) in [5.74, 6) is 0.282. The highest BCUT2D eigenvalue weighted by Crippen LogP contribution is 2.20. The minimum Gasteiger partial charge on any atom is -0.497 e. The van der Waals surface area contributed by atoms with Gasteiger partial charge in [0, 0.05) is 31.6 Å². The molecular weight excluding hydrogens is 246 g/mol. The lowest BCUT2D eigenvalue weighted by Crippen LogP contribution is -2.38. The number of anilines is 1. The van der Waals surface area contributed by atoms with Crippen molar-refractivity contribution < 1.29 is 14.3 Å². The van der Waals surface area contributed by atoms with Crippen molar-refractivity contribution in [3.8, 4) is 5.75 Å². The molecule has 0 saturated carbocycles. The Morgan fingerprint density at radius 2 is 2.21 bits per heavy atom. The molecule has 2 rings (SSSR count). The summed E-state index contributed by atoms with van der Waals surface area (Å²) in [6.45, 7) is 0. The molecule has 2 amide bonds. The number of amides is 2. The first-order valence-corrected chi connectivity index (χ1v) is 5.89. The van der Waals surface area contributed by atoms with Crippen LogP contribution >= 0.6 is 0 Å². The van der Waals surface area contributed by atoms with Gasteiger partial charge in [-0.3, -0.25) is 9.59 Å². The molecule has 1 aromatic rings. The van der Waals surface area contributed by atoms with Crippen molar-refractivity contribution in [2.75, 3.05) is 19.1 Å². The van der Waals surface area contributed by atoms with Gasteiger partial charge in [0.15, 0.2) is 0 Å². The number of nitrogens with one attached hydrogen (secondary N) is 1. The van der Waals surface area contributed by atoms with E-state index in [0.29, 0.717) is 23.6 Å². The predicted molar refractivity (Wildman–Crippen MR) is 71.2 cm³/mol. The van der Waals surface area contributed by atoms with Crippen LogP contribution in [0.15, 0.2) is 29.4 Å². The Kier molecular flexibility index (Phi) is 3.79. The molecule has 0 unspecified atom stereocenters. The average molecular weight is 261 g/mol. The Hall–Kier alpha value is -2.37. The summed E-state index contributed by atoms with van der Waals surface area (Å²) in [5.41, 5.74) is 3.38. The second-order valence-electron chi connectivity index (χ2n) is 4.16. The van der Waals surface area contributed by atoms with E-state index in [1.165, 1.54) is 4.90 Å². The molecule has 19 heavy (non-hydrogen) atoms. The summed E-state index contributed by atoms with van der Waals surface area (Å²) in [4.78, 5) is 24.7. The van der Waals surface area contributed by atoms with Crippen LogP contribution in [0.5, 0.6) is 5.75 Å². The standard InChI is InChI=1S/C13H15N3O3/c1-16(9-4-3-5-10(8-9)19-2)13(18)11-6-7-12(17)15-14-11/h3-5,8H,6-7H2,1-2H3,(H,15,17). The van der Waals surface area contributed by atoms with Crippen LogP contribution < -0.4 is 15.1 Å². The van der Waals surface area contributed by atoms with Crippen LogP contribution in [0, 0.1) is 0 Å². The van der Waals surface area contributed by atoms with Crippen LogP contribution in [-0.2, 0) is 9.59 Å². The van der Waals surface area contributed by atoms with Gasteiger partial charge in [0.05, 0.1) is 7.11 Å². The summed E-state index contributed by atoms with van der Waals surface area (Å²) in [6, 6.07) is 7.19. The molecule has 0 aromatic heterocycles. The Balaban J connectivity index is 2.16. The Bertz CT molecular complexity index is 540. The quantitative estimate of drug-likeness (QED) is 0.879. The van der Waals surface area contributed by atoms with Crippen LogP contribution in [0.1, 0.15) is 12.8 Å². The highest BCUT2D eigenvalue weighted by Gasteiger charge is 2.22. The number of nitrogens with zero attached hydrogens (tertiary/aromatic N) is 2. The summed E-state index contributed by atoms with van der Waals surface area (Å²) in [5, 5.41) is 3.79. The van der Waals surface area contributed by atoms with Crippen molar-refractivity contribution in [3.63, 3.8) is 0 Å². The number of ether oxygens (including phenoxy) is 1. The summed E-state index contributed by atoms with van der Waals surface area (Å²) >= 11 is 0. The molecule has 0 atom stereocenters. The Morgan fingerprint density at radius 1 is 1.42 bits per heavy atom. The Morgan fingerprint density at radius 3 is 2.84 bits per heavy atom. The zero-order valence-corrected chi connectivity index (χ0v) is 10.8. The third kappa shape index (κ3) is 2.90. The lowest BCUT2D eigenvalue weighted by molar-refractivity contribution is -0.121. The van der Waals surface area contributed by atoms with E-state index in [1.54, 1.807) is 26.3 Å². The molecule has 0 radical (unpaired) electrons. The molecule has 1 heterocycles. The van der Waals surface area contributed by atoms with E-state index in [4.69, 9.17) is 4.74 Å². The second kappa shape index (κ2) is 5.51. The fourth-order valence-electron chi connectivity index (χ4n) is 1.76. The largest absolute Gasteiger partial charge is 0.497 e. The number of hydrogen-bond acceptors (Lipinski definition) is 4. The number of carbonyl (C=O) groups excluding carboxylic acids is 2. The fourth-order valence-corrected chi connectivity index (χ4v) is 1.76. The second-order valence-corrected chi connectivity index (χ2v) is 4.16. The van der Waals surface area contributed by atoms with E-state index in [2.05, 4.69) is 10.5 Å². The number of carbonyl (C=O) groups is 2. The van der Waals surface area contributed by atoms with Crippen molar-refractivity contribution in [1.82, 2.24) is 5.43 Å². The number of rotatable bonds is 3. The maximum absolute atomic E-state index is 12.2. The molecule has 6 nitrogen and oxygen atoms in total. The minimum absolute atomic E-state index is 0.166. The highest BCUT2D eigenvalue weighted by atomic mass is 16.5. The van der Waals surface area contributed by atoms with Crippen molar-refractivity contribution in [1.29, 1.82) is 0 Å². The maximum atomic E-state index is 12.2. The van der Waals surface area contributed by atoms with Gasteiger partial charge in [-0.15, -0.1) is 0 Å². The molecule has 0 aliphatic carbocycles. The molecule has 1 aromatic carbocycles. The van der Waals surface area contributed by atoms with Gasteiger partial charge in [-0.05, 0) is 12.1 Å². The van der Waals surface area contributed by atoms with Gasteiger partial charge < -0.3 is 9.64 Å². The van der Waals surface area contributed by atoms with Gasteiger partial charge in [-0.25, -0.2) is 5.43 Å². The van der Waals surface area contributed by atoms with Crippen molar-refractivity contribution in [3.05, 3.63) is 24.3 Å². The van der Waals surface area contributed by atoms with Crippen LogP contribution in [0.3, 0.4) is 0 Å². The van der Waals surface area contributed by atoms with Crippen molar-refractivity contribution in [2.45, 2.75) is 12.8 Å². The fraction of sp³-hybridized carbons (Fsp3) is 0.308. The van der Waals surface area contributed by atoms with E-state index in [9.17, 15) is 9.59 Å². The molecule has 1 aliphatic rings. The minimum atomic E-state index is -0.228. The molecule has 0 saturated heterocycles. The monoisotopic (exact) mass is 261 g/mol. The van der Waals surface area contributed by atoms with Gasteiger partial charge >= 0.3 is 0 Å². The van der Waals surface area contributed by atoms with Gasteiger partial charge in [-0.2, -0.15) is 5.10 Å². The molecule has 1 N–H and O–H groups in total. The van der Waals surface area contributed by atoms with E-state index in [1.807, 2.05) is 12.1 Å². The van der Waals surface area contributed by atoms with E-state index in [-0.39, 0.29) is 18.2 Å². The third-order valence-electron chi connectivity index (χ3n) is 2.90. The normalized spacial score (nSPS) is 14.4. The van der Waals surface area contributed by atoms with Gasteiger partial charge in [-0.1, -0.05) is 6.07 Å². The molecule has 0 spiro atoms. The van der Waals surface area contributed by atoms with E-state index < -0.39 is 0 Å². The zero-order valence-electron chi connectivity index (χ0n) is 10.8. The molecule has 1 aliphatic heterocycles. The number of methoxy groups -OCH3 is 1. The first-order chi connectivity index (χ1) is 9.11. The number of hydrogen-bond donors (Lipinski definition) is 1. The molecule has 100 valence electrons. The maximum Gasteiger partial charge on any atom is 0.274 e. The molecule has 0 fully saturated rings. The summed E-state index contributed by atoms with van der Waals surface area (Å²) in [6.07, 6.45) is 0.648. The first-order valence-electron chi connectivity index (χ1n) is 5.89. The Labute approximate surface area is 111 Å². The van der Waals surface area contributed by atoms with Crippen LogP contribution in [0.2, 0.25) is 0 Å². The highest BCUT2D eigenvalue weighted by molar-refractivity contribution is 6.44. The molecule has 6 heteroatoms. The van der Waals surface area contributed by atoms with Crippen molar-refractivity contribution in [2.24, 2.45) is 5.10 Å². The lowest BCUT2D eigenvalue weighted by atomic mass is 10.1. The van der Waals surface area contributed by atoms with Crippen molar-refractivity contribution >= 4 is 23.2 Å². The van der Waals surface area contributed by atoms with Crippen LogP contribution in [0.4, 0.5) is 5.69 Å². The van der Waals surface area contributed by atoms with E-state index in [0.717, 1.165) is 0 Å². The van der Waals surface area contributed by atoms with Gasteiger partial charge in [0.25, 0.3) is 5.91 Å². The third-order valence-corrected chi connectivity index (χ3v) is 2.90. The van der Waals surface area contributed by atoms with Gasteiger partial charge in [0.2, 0.25) is 5.91 Å². The lowest BCUT2D eigenvalue weighted by Gasteiger charge is -2.20. The number of benzene rings is 1. The van der Waals surface area contributed by atoms with E-state index >= 15 is 0 Å². The zero-order chi connectivity index (χ0) is 13.8. The smallest absolute Gasteiger partial charge is 0.274 e. The first kappa shape index (κ1) is 13.1. The van der Waals surface area contributed by atoms with Crippen LogP contribution in [-0.4, -0.2) is 31.7 Å². The summed E-state index contributed by atoms with van der Waals surface area (Å²) < 4.78 is 5.12. The average Bonchev–Trinajstić information content (AvgIpc) is 2.46. The molecule has 0 bridgehead atoms. The number of hydrazone groups is 1. The predicted octanol–water partition coefficient (Wildman–Crippen LogP) is 0.924. The summed E-state index contributed by atoms with van der Waals surface area (Å²) in [7, 11) is 3.23. The molecular formula is C13H15N3O3. The topological polar surface area (TPSA) is 71.0 Å².